The Labute approximate surface area is 183 Å². The summed E-state index contributed by atoms with van der Waals surface area (Å²) < 4.78 is 79.7. The molecule has 32 heavy (non-hydrogen) atoms. The first-order chi connectivity index (χ1) is 15.1. The van der Waals surface area contributed by atoms with E-state index in [2.05, 4.69) is 5.32 Å². The van der Waals surface area contributed by atoms with Gasteiger partial charge < -0.3 is 11.1 Å². The normalized spacial score (nSPS) is 16.7. The SMILES string of the molecule is NC(CC(=O)NC1CCN(S(=O)(=O)c2ccc(F)cc2)CC1)Cc1cc(F)c(F)cc1F. The lowest BCUT2D eigenvalue weighted by atomic mass is 10.0. The zero-order valence-corrected chi connectivity index (χ0v) is 17.8. The maximum Gasteiger partial charge on any atom is 0.243 e. The van der Waals surface area contributed by atoms with Crippen LogP contribution >= 0.6 is 0 Å². The molecule has 2 aromatic carbocycles. The van der Waals surface area contributed by atoms with E-state index >= 15 is 0 Å². The molecule has 1 amide bonds. The molecular weight excluding hydrogens is 450 g/mol. The topological polar surface area (TPSA) is 92.5 Å². The van der Waals surface area contributed by atoms with Gasteiger partial charge in [-0.15, -0.1) is 0 Å². The summed E-state index contributed by atoms with van der Waals surface area (Å²) in [6, 6.07) is 4.64. The summed E-state index contributed by atoms with van der Waals surface area (Å²) in [5.41, 5.74) is 5.74. The zero-order valence-electron chi connectivity index (χ0n) is 17.0. The van der Waals surface area contributed by atoms with Gasteiger partial charge >= 0.3 is 0 Å². The van der Waals surface area contributed by atoms with Crippen molar-refractivity contribution < 1.29 is 30.8 Å². The minimum atomic E-state index is -3.75. The lowest BCUT2D eigenvalue weighted by Crippen LogP contribution is -2.47. The minimum absolute atomic E-state index is 0.00294. The van der Waals surface area contributed by atoms with Gasteiger partial charge in [0, 0.05) is 37.7 Å². The van der Waals surface area contributed by atoms with Gasteiger partial charge in [0.15, 0.2) is 11.6 Å². The van der Waals surface area contributed by atoms with E-state index in [-0.39, 0.29) is 42.4 Å². The van der Waals surface area contributed by atoms with Crippen LogP contribution in [0.4, 0.5) is 17.6 Å². The molecule has 1 saturated heterocycles. The Morgan fingerprint density at radius 3 is 2.25 bits per heavy atom. The molecule has 3 N–H and O–H groups in total. The first-order valence-corrected chi connectivity index (χ1v) is 11.4. The molecule has 0 spiro atoms. The smallest absolute Gasteiger partial charge is 0.243 e. The van der Waals surface area contributed by atoms with Crippen LogP contribution in [0.1, 0.15) is 24.8 Å². The third-order valence-corrected chi connectivity index (χ3v) is 7.20. The largest absolute Gasteiger partial charge is 0.353 e. The number of nitrogens with one attached hydrogen (secondary N) is 1. The number of amides is 1. The highest BCUT2D eigenvalue weighted by Crippen LogP contribution is 2.21. The summed E-state index contributed by atoms with van der Waals surface area (Å²) in [6.07, 6.45) is 0.440. The van der Waals surface area contributed by atoms with Crippen molar-refractivity contribution in [3.63, 3.8) is 0 Å². The van der Waals surface area contributed by atoms with Crippen molar-refractivity contribution >= 4 is 15.9 Å². The molecule has 1 unspecified atom stereocenters. The molecule has 3 rings (SSSR count). The maximum absolute atomic E-state index is 13.7. The van der Waals surface area contributed by atoms with Gasteiger partial charge in [-0.25, -0.2) is 26.0 Å². The Morgan fingerprint density at radius 2 is 1.62 bits per heavy atom. The number of carbonyl (C=O) groups is 1. The molecule has 0 radical (unpaired) electrons. The highest BCUT2D eigenvalue weighted by molar-refractivity contribution is 7.89. The van der Waals surface area contributed by atoms with E-state index in [4.69, 9.17) is 5.73 Å². The van der Waals surface area contributed by atoms with Gasteiger partial charge in [0.05, 0.1) is 4.90 Å². The lowest BCUT2D eigenvalue weighted by molar-refractivity contribution is -0.122. The van der Waals surface area contributed by atoms with Crippen molar-refractivity contribution in [1.82, 2.24) is 9.62 Å². The van der Waals surface area contributed by atoms with Gasteiger partial charge in [-0.2, -0.15) is 4.31 Å². The second-order valence-corrected chi connectivity index (χ2v) is 9.66. The van der Waals surface area contributed by atoms with Crippen LogP contribution in [0.3, 0.4) is 0 Å². The first-order valence-electron chi connectivity index (χ1n) is 10.0. The monoisotopic (exact) mass is 473 g/mol. The number of halogens is 4. The van der Waals surface area contributed by atoms with Crippen LogP contribution in [-0.4, -0.2) is 43.8 Å². The number of piperidine rings is 1. The molecule has 1 fully saturated rings. The highest BCUT2D eigenvalue weighted by atomic mass is 32.2. The van der Waals surface area contributed by atoms with Crippen LogP contribution in [0.15, 0.2) is 41.3 Å². The van der Waals surface area contributed by atoms with Crippen LogP contribution in [0.5, 0.6) is 0 Å². The summed E-state index contributed by atoms with van der Waals surface area (Å²) >= 11 is 0. The van der Waals surface area contributed by atoms with E-state index in [9.17, 15) is 30.8 Å². The first kappa shape index (κ1) is 24.1. The lowest BCUT2D eigenvalue weighted by Gasteiger charge is -2.31. The van der Waals surface area contributed by atoms with Gasteiger partial charge in [-0.05, 0) is 55.2 Å². The van der Waals surface area contributed by atoms with E-state index in [1.807, 2.05) is 0 Å². The Morgan fingerprint density at radius 1 is 1.03 bits per heavy atom. The third-order valence-electron chi connectivity index (χ3n) is 5.29. The fourth-order valence-corrected chi connectivity index (χ4v) is 5.07. The molecule has 1 aliphatic rings. The number of hydrogen-bond acceptors (Lipinski definition) is 4. The summed E-state index contributed by atoms with van der Waals surface area (Å²) in [7, 11) is -3.75. The van der Waals surface area contributed by atoms with Crippen molar-refractivity contribution in [2.45, 2.75) is 42.7 Å². The number of benzene rings is 2. The Kier molecular flexibility index (Phi) is 7.52. The number of nitrogens with zero attached hydrogens (tertiary/aromatic N) is 1. The van der Waals surface area contributed by atoms with Crippen LogP contribution in [-0.2, 0) is 21.2 Å². The van der Waals surface area contributed by atoms with Crippen LogP contribution in [0.2, 0.25) is 0 Å². The standard InChI is InChI=1S/C21H23F4N3O3S/c22-14-1-3-17(4-2-14)32(30,31)28-7-5-16(6-8-28)27-21(29)11-15(26)9-13-10-19(24)20(25)12-18(13)23/h1-4,10,12,15-16H,5-9,11,26H2,(H,27,29). The third kappa shape index (κ3) is 5.84. The van der Waals surface area contributed by atoms with Crippen molar-refractivity contribution in [2.24, 2.45) is 5.73 Å². The summed E-state index contributed by atoms with van der Waals surface area (Å²) in [6.45, 7) is 0.355. The number of carbonyl (C=O) groups excluding carboxylic acids is 1. The van der Waals surface area contributed by atoms with Crippen LogP contribution < -0.4 is 11.1 Å². The van der Waals surface area contributed by atoms with Crippen LogP contribution in [0, 0.1) is 23.3 Å². The molecule has 1 atom stereocenters. The summed E-state index contributed by atoms with van der Waals surface area (Å²) in [5, 5.41) is 2.77. The van der Waals surface area contributed by atoms with Crippen LogP contribution in [0.25, 0.3) is 0 Å². The number of nitrogens with two attached hydrogens (primary N) is 1. The van der Waals surface area contributed by atoms with E-state index in [1.165, 1.54) is 16.4 Å². The molecule has 0 aliphatic carbocycles. The highest BCUT2D eigenvalue weighted by Gasteiger charge is 2.30. The average molecular weight is 473 g/mol. The molecule has 6 nitrogen and oxygen atoms in total. The molecule has 1 heterocycles. The summed E-state index contributed by atoms with van der Waals surface area (Å²) in [5.74, 6) is -4.36. The van der Waals surface area contributed by atoms with Crippen molar-refractivity contribution in [3.05, 3.63) is 65.2 Å². The quantitative estimate of drug-likeness (QED) is 0.477. The molecule has 2 aromatic rings. The van der Waals surface area contributed by atoms with E-state index in [1.54, 1.807) is 0 Å². The molecule has 0 saturated carbocycles. The molecule has 0 bridgehead atoms. The van der Waals surface area contributed by atoms with E-state index < -0.39 is 45.2 Å². The van der Waals surface area contributed by atoms with Gasteiger partial charge in [-0.3, -0.25) is 4.79 Å². The second kappa shape index (κ2) is 9.97. The number of hydrogen-bond donors (Lipinski definition) is 2. The Balaban J connectivity index is 1.49. The second-order valence-electron chi connectivity index (χ2n) is 7.73. The Bertz CT molecular complexity index is 1070. The van der Waals surface area contributed by atoms with E-state index in [0.717, 1.165) is 18.2 Å². The van der Waals surface area contributed by atoms with Gasteiger partial charge in [0.2, 0.25) is 15.9 Å². The zero-order chi connectivity index (χ0) is 23.5. The minimum Gasteiger partial charge on any atom is -0.353 e. The average Bonchev–Trinajstić information content (AvgIpc) is 2.72. The fourth-order valence-electron chi connectivity index (χ4n) is 3.60. The Hall–Kier alpha value is -2.50. The molecule has 0 aromatic heterocycles. The summed E-state index contributed by atoms with van der Waals surface area (Å²) in [4.78, 5) is 12.3. The predicted octanol–water partition coefficient (Wildman–Crippen LogP) is 2.47. The van der Waals surface area contributed by atoms with Crippen molar-refractivity contribution in [2.75, 3.05) is 13.1 Å². The van der Waals surface area contributed by atoms with Gasteiger partial charge in [0.25, 0.3) is 0 Å². The molecule has 11 heteroatoms. The van der Waals surface area contributed by atoms with E-state index in [0.29, 0.717) is 18.9 Å². The van der Waals surface area contributed by atoms with Crippen molar-refractivity contribution in [1.29, 1.82) is 0 Å². The number of sulfonamides is 1. The maximum atomic E-state index is 13.7. The van der Waals surface area contributed by atoms with Crippen molar-refractivity contribution in [3.8, 4) is 0 Å². The number of rotatable bonds is 7. The fraction of sp³-hybridized carbons (Fsp3) is 0.381. The molecular formula is C21H23F4N3O3S. The molecule has 1 aliphatic heterocycles. The van der Waals surface area contributed by atoms with Gasteiger partial charge in [0.1, 0.15) is 11.6 Å². The molecule has 174 valence electrons. The predicted molar refractivity (Wildman–Crippen MR) is 109 cm³/mol. The van der Waals surface area contributed by atoms with Gasteiger partial charge in [-0.1, -0.05) is 0 Å².